The zero-order valence-electron chi connectivity index (χ0n) is 11.8. The molecule has 6 heteroatoms. The standard InChI is InChI=1S/C14H22N2O3S/c1-2-20(17,18)12-11-19-14-5-3-13(4-6-14)16-9-7-15-8-10-16/h3-6,15H,2,7-12H2,1H3. The van der Waals surface area contributed by atoms with Gasteiger partial charge in [0, 0.05) is 37.6 Å². The third kappa shape index (κ3) is 4.38. The van der Waals surface area contributed by atoms with Gasteiger partial charge in [-0.1, -0.05) is 6.92 Å². The van der Waals surface area contributed by atoms with E-state index in [2.05, 4.69) is 10.2 Å². The van der Waals surface area contributed by atoms with Gasteiger partial charge >= 0.3 is 0 Å². The average Bonchev–Trinajstić information content (AvgIpc) is 2.49. The minimum Gasteiger partial charge on any atom is -0.493 e. The minimum absolute atomic E-state index is 0.0725. The van der Waals surface area contributed by atoms with Crippen molar-refractivity contribution < 1.29 is 13.2 Å². The van der Waals surface area contributed by atoms with Crippen molar-refractivity contribution >= 4 is 15.5 Å². The maximum Gasteiger partial charge on any atom is 0.153 e. The van der Waals surface area contributed by atoms with Crippen molar-refractivity contribution in [2.24, 2.45) is 0 Å². The zero-order chi connectivity index (χ0) is 14.4. The Hall–Kier alpha value is -1.27. The van der Waals surface area contributed by atoms with Gasteiger partial charge in [-0.3, -0.25) is 0 Å². The molecule has 0 spiro atoms. The Bertz CT molecular complexity index is 508. The molecule has 0 amide bonds. The van der Waals surface area contributed by atoms with E-state index < -0.39 is 9.84 Å². The van der Waals surface area contributed by atoms with Crippen LogP contribution in [0.3, 0.4) is 0 Å². The lowest BCUT2D eigenvalue weighted by molar-refractivity contribution is 0.341. The monoisotopic (exact) mass is 298 g/mol. The van der Waals surface area contributed by atoms with Crippen molar-refractivity contribution in [2.45, 2.75) is 6.92 Å². The molecule has 1 aliphatic rings. The molecule has 2 rings (SSSR count). The van der Waals surface area contributed by atoms with Gasteiger partial charge in [0.15, 0.2) is 9.84 Å². The summed E-state index contributed by atoms with van der Waals surface area (Å²) >= 11 is 0. The highest BCUT2D eigenvalue weighted by molar-refractivity contribution is 7.91. The second-order valence-corrected chi connectivity index (χ2v) is 7.29. The van der Waals surface area contributed by atoms with Gasteiger partial charge < -0.3 is 15.0 Å². The summed E-state index contributed by atoms with van der Waals surface area (Å²) in [6, 6.07) is 7.84. The van der Waals surface area contributed by atoms with Crippen LogP contribution in [-0.4, -0.2) is 52.7 Å². The van der Waals surface area contributed by atoms with Crippen LogP contribution in [0.2, 0.25) is 0 Å². The van der Waals surface area contributed by atoms with Crippen LogP contribution in [0.4, 0.5) is 5.69 Å². The first-order valence-corrected chi connectivity index (χ1v) is 8.82. The van der Waals surface area contributed by atoms with Crippen LogP contribution in [0, 0.1) is 0 Å². The van der Waals surface area contributed by atoms with Crippen molar-refractivity contribution in [3.63, 3.8) is 0 Å². The number of piperazine rings is 1. The zero-order valence-corrected chi connectivity index (χ0v) is 12.7. The van der Waals surface area contributed by atoms with E-state index in [4.69, 9.17) is 4.74 Å². The number of rotatable bonds is 6. The Morgan fingerprint density at radius 2 is 1.85 bits per heavy atom. The van der Waals surface area contributed by atoms with Crippen LogP contribution in [0.15, 0.2) is 24.3 Å². The predicted molar refractivity (Wildman–Crippen MR) is 81.3 cm³/mol. The second-order valence-electron chi connectivity index (χ2n) is 4.82. The second kappa shape index (κ2) is 6.95. The normalized spacial score (nSPS) is 16.1. The fraction of sp³-hybridized carbons (Fsp3) is 0.571. The molecular formula is C14H22N2O3S. The van der Waals surface area contributed by atoms with Crippen molar-refractivity contribution in [1.29, 1.82) is 0 Å². The van der Waals surface area contributed by atoms with Crippen LogP contribution < -0.4 is 15.0 Å². The number of nitrogens with zero attached hydrogens (tertiary/aromatic N) is 1. The first-order chi connectivity index (χ1) is 9.61. The molecular weight excluding hydrogens is 276 g/mol. The number of hydrogen-bond donors (Lipinski definition) is 1. The van der Waals surface area contributed by atoms with E-state index in [-0.39, 0.29) is 18.1 Å². The molecule has 0 unspecified atom stereocenters. The van der Waals surface area contributed by atoms with E-state index >= 15 is 0 Å². The van der Waals surface area contributed by atoms with Gasteiger partial charge in [-0.25, -0.2) is 8.42 Å². The highest BCUT2D eigenvalue weighted by Gasteiger charge is 2.10. The van der Waals surface area contributed by atoms with Crippen LogP contribution >= 0.6 is 0 Å². The molecule has 112 valence electrons. The molecule has 0 radical (unpaired) electrons. The summed E-state index contributed by atoms with van der Waals surface area (Å²) in [6.45, 7) is 5.89. The van der Waals surface area contributed by atoms with Gasteiger partial charge in [0.25, 0.3) is 0 Å². The molecule has 1 N–H and O–H groups in total. The van der Waals surface area contributed by atoms with E-state index in [0.29, 0.717) is 0 Å². The number of anilines is 1. The molecule has 1 saturated heterocycles. The van der Waals surface area contributed by atoms with E-state index in [9.17, 15) is 8.42 Å². The summed E-state index contributed by atoms with van der Waals surface area (Å²) in [7, 11) is -2.96. The summed E-state index contributed by atoms with van der Waals surface area (Å²) < 4.78 is 28.2. The average molecular weight is 298 g/mol. The highest BCUT2D eigenvalue weighted by Crippen LogP contribution is 2.19. The van der Waals surface area contributed by atoms with Gasteiger partial charge in [0.05, 0.1) is 5.75 Å². The fourth-order valence-corrected chi connectivity index (χ4v) is 2.73. The number of hydrogen-bond acceptors (Lipinski definition) is 5. The van der Waals surface area contributed by atoms with Gasteiger partial charge in [-0.05, 0) is 24.3 Å². The Morgan fingerprint density at radius 1 is 1.20 bits per heavy atom. The Balaban J connectivity index is 1.85. The first-order valence-electron chi connectivity index (χ1n) is 7.00. The third-order valence-electron chi connectivity index (χ3n) is 3.42. The van der Waals surface area contributed by atoms with Gasteiger partial charge in [-0.2, -0.15) is 0 Å². The fourth-order valence-electron chi connectivity index (χ4n) is 2.11. The topological polar surface area (TPSA) is 58.6 Å². The number of sulfone groups is 1. The largest absolute Gasteiger partial charge is 0.493 e. The SMILES string of the molecule is CCS(=O)(=O)CCOc1ccc(N2CCNCC2)cc1. The first kappa shape index (κ1) is 15.1. The van der Waals surface area contributed by atoms with Crippen LogP contribution in [0.5, 0.6) is 5.75 Å². The Kier molecular flexibility index (Phi) is 5.25. The molecule has 1 heterocycles. The highest BCUT2D eigenvalue weighted by atomic mass is 32.2. The summed E-state index contributed by atoms with van der Waals surface area (Å²) in [5.74, 6) is 0.955. The lowest BCUT2D eigenvalue weighted by atomic mass is 10.2. The molecule has 0 saturated carbocycles. The van der Waals surface area contributed by atoms with Crippen LogP contribution in [0.25, 0.3) is 0 Å². The minimum atomic E-state index is -2.96. The summed E-state index contributed by atoms with van der Waals surface area (Å²) in [5.41, 5.74) is 1.18. The predicted octanol–water partition coefficient (Wildman–Crippen LogP) is 0.910. The van der Waals surface area contributed by atoms with Crippen molar-refractivity contribution in [2.75, 3.05) is 49.2 Å². The molecule has 20 heavy (non-hydrogen) atoms. The molecule has 5 nitrogen and oxygen atoms in total. The lowest BCUT2D eigenvalue weighted by Crippen LogP contribution is -2.43. The van der Waals surface area contributed by atoms with Gasteiger partial charge in [-0.15, -0.1) is 0 Å². The van der Waals surface area contributed by atoms with Crippen molar-refractivity contribution in [3.8, 4) is 5.75 Å². The number of ether oxygens (including phenoxy) is 1. The van der Waals surface area contributed by atoms with E-state index in [1.807, 2.05) is 24.3 Å². The Labute approximate surface area is 120 Å². The van der Waals surface area contributed by atoms with Gasteiger partial charge in [0.1, 0.15) is 12.4 Å². The van der Waals surface area contributed by atoms with Crippen LogP contribution in [-0.2, 0) is 9.84 Å². The maximum absolute atomic E-state index is 11.4. The van der Waals surface area contributed by atoms with E-state index in [1.54, 1.807) is 6.92 Å². The van der Waals surface area contributed by atoms with E-state index in [1.165, 1.54) is 5.69 Å². The molecule has 0 bridgehead atoms. The number of benzene rings is 1. The molecule has 0 atom stereocenters. The molecule has 1 fully saturated rings. The molecule has 1 aliphatic heterocycles. The van der Waals surface area contributed by atoms with Gasteiger partial charge in [0.2, 0.25) is 0 Å². The molecule has 1 aromatic rings. The summed E-state index contributed by atoms with van der Waals surface area (Å²) in [5, 5.41) is 3.32. The molecule has 0 aromatic heterocycles. The summed E-state index contributed by atoms with van der Waals surface area (Å²) in [4.78, 5) is 2.32. The smallest absolute Gasteiger partial charge is 0.153 e. The van der Waals surface area contributed by atoms with Crippen molar-refractivity contribution in [1.82, 2.24) is 5.32 Å². The van der Waals surface area contributed by atoms with Crippen LogP contribution in [0.1, 0.15) is 6.92 Å². The van der Waals surface area contributed by atoms with E-state index in [0.717, 1.165) is 31.9 Å². The van der Waals surface area contributed by atoms with Crippen molar-refractivity contribution in [3.05, 3.63) is 24.3 Å². The molecule has 1 aromatic carbocycles. The third-order valence-corrected chi connectivity index (χ3v) is 5.09. The lowest BCUT2D eigenvalue weighted by Gasteiger charge is -2.29. The number of nitrogens with one attached hydrogen (secondary N) is 1. The Morgan fingerprint density at radius 3 is 2.45 bits per heavy atom. The quantitative estimate of drug-likeness (QED) is 0.846. The summed E-state index contributed by atoms with van der Waals surface area (Å²) in [6.07, 6.45) is 0. The molecule has 0 aliphatic carbocycles. The maximum atomic E-state index is 11.4.